The summed E-state index contributed by atoms with van der Waals surface area (Å²) in [5, 5.41) is 4.79. The Morgan fingerprint density at radius 3 is 3.07 bits per heavy atom. The molecule has 0 fully saturated rings. The zero-order valence-electron chi connectivity index (χ0n) is 14.9. The molecule has 4 rings (SSSR count). The summed E-state index contributed by atoms with van der Waals surface area (Å²) in [5.41, 5.74) is 3.62. The van der Waals surface area contributed by atoms with Crippen LogP contribution in [0.3, 0.4) is 0 Å². The van der Waals surface area contributed by atoms with Gasteiger partial charge >= 0.3 is 0 Å². The fourth-order valence-corrected chi connectivity index (χ4v) is 3.87. The number of ether oxygens (including phenoxy) is 1. The SMILES string of the molecule is Cc1cc(=O)c(OCC(=O)N[C@H]2CCCc3c2[nH]c2c(Cl)cccc32)c[nH]1. The van der Waals surface area contributed by atoms with E-state index in [1.54, 1.807) is 6.92 Å². The summed E-state index contributed by atoms with van der Waals surface area (Å²) in [4.78, 5) is 30.5. The number of aryl methyl sites for hydroxylation is 2. The van der Waals surface area contributed by atoms with Crippen LogP contribution in [-0.2, 0) is 11.2 Å². The first kappa shape index (κ1) is 17.7. The number of pyridine rings is 1. The Morgan fingerprint density at radius 1 is 1.41 bits per heavy atom. The summed E-state index contributed by atoms with van der Waals surface area (Å²) in [6.45, 7) is 1.57. The van der Waals surface area contributed by atoms with Crippen molar-refractivity contribution in [2.75, 3.05) is 6.61 Å². The van der Waals surface area contributed by atoms with Crippen LogP contribution < -0.4 is 15.5 Å². The number of nitrogens with one attached hydrogen (secondary N) is 3. The zero-order chi connectivity index (χ0) is 19.0. The van der Waals surface area contributed by atoms with Crippen LogP contribution >= 0.6 is 11.6 Å². The molecule has 0 aliphatic heterocycles. The van der Waals surface area contributed by atoms with E-state index in [0.717, 1.165) is 41.6 Å². The van der Waals surface area contributed by atoms with Gasteiger partial charge in [0.2, 0.25) is 5.43 Å². The molecule has 140 valence electrons. The maximum atomic E-state index is 12.4. The predicted molar refractivity (Wildman–Crippen MR) is 104 cm³/mol. The number of amides is 1. The highest BCUT2D eigenvalue weighted by Crippen LogP contribution is 2.36. The fraction of sp³-hybridized carbons (Fsp3) is 0.300. The maximum Gasteiger partial charge on any atom is 0.258 e. The molecule has 0 bridgehead atoms. The lowest BCUT2D eigenvalue weighted by atomic mass is 9.91. The van der Waals surface area contributed by atoms with E-state index < -0.39 is 0 Å². The molecule has 0 radical (unpaired) electrons. The van der Waals surface area contributed by atoms with Gasteiger partial charge in [0.15, 0.2) is 12.4 Å². The van der Waals surface area contributed by atoms with Crippen molar-refractivity contribution in [3.8, 4) is 5.75 Å². The fourth-order valence-electron chi connectivity index (χ4n) is 3.65. The summed E-state index contributed by atoms with van der Waals surface area (Å²) in [6, 6.07) is 7.16. The van der Waals surface area contributed by atoms with Crippen molar-refractivity contribution in [2.45, 2.75) is 32.2 Å². The van der Waals surface area contributed by atoms with Gasteiger partial charge in [-0.05, 0) is 37.8 Å². The van der Waals surface area contributed by atoms with Gasteiger partial charge in [0, 0.05) is 29.0 Å². The van der Waals surface area contributed by atoms with Gasteiger partial charge < -0.3 is 20.0 Å². The summed E-state index contributed by atoms with van der Waals surface area (Å²) in [7, 11) is 0. The van der Waals surface area contributed by atoms with Gasteiger partial charge in [0.25, 0.3) is 5.91 Å². The predicted octanol–water partition coefficient (Wildman–Crippen LogP) is 3.39. The standard InChI is InChI=1S/C20H20ClN3O3/c1-11-8-16(25)17(9-22-11)27-10-18(26)23-15-7-3-5-13-12-4-2-6-14(21)19(12)24-20(13)15/h2,4,6,8-9,15,24H,3,5,7,10H2,1H3,(H,22,25)(H,23,26)/t15-/m0/s1. The molecule has 6 nitrogen and oxygen atoms in total. The minimum absolute atomic E-state index is 0.121. The first-order chi connectivity index (χ1) is 13.0. The Bertz CT molecular complexity index is 1070. The number of halogens is 1. The number of para-hydroxylation sites is 1. The topological polar surface area (TPSA) is 87.0 Å². The third kappa shape index (κ3) is 3.45. The van der Waals surface area contributed by atoms with Crippen LogP contribution in [0.1, 0.15) is 35.8 Å². The highest BCUT2D eigenvalue weighted by molar-refractivity contribution is 6.35. The van der Waals surface area contributed by atoms with Crippen LogP contribution in [0.25, 0.3) is 10.9 Å². The second kappa shape index (κ2) is 7.12. The van der Waals surface area contributed by atoms with Crippen LogP contribution in [-0.4, -0.2) is 22.5 Å². The van der Waals surface area contributed by atoms with Crippen LogP contribution in [0.2, 0.25) is 5.02 Å². The van der Waals surface area contributed by atoms with E-state index in [4.69, 9.17) is 16.3 Å². The molecule has 2 heterocycles. The van der Waals surface area contributed by atoms with E-state index in [0.29, 0.717) is 5.02 Å². The lowest BCUT2D eigenvalue weighted by Crippen LogP contribution is -2.34. The van der Waals surface area contributed by atoms with Crippen molar-refractivity contribution >= 4 is 28.4 Å². The first-order valence-corrected chi connectivity index (χ1v) is 9.31. The van der Waals surface area contributed by atoms with E-state index in [2.05, 4.69) is 15.3 Å². The van der Waals surface area contributed by atoms with Crippen molar-refractivity contribution in [3.05, 3.63) is 62.7 Å². The third-order valence-electron chi connectivity index (χ3n) is 4.91. The number of fused-ring (bicyclic) bond motifs is 3. The smallest absolute Gasteiger partial charge is 0.258 e. The minimum atomic E-state index is -0.266. The van der Waals surface area contributed by atoms with E-state index in [1.165, 1.54) is 17.8 Å². The van der Waals surface area contributed by atoms with Gasteiger partial charge in [0.1, 0.15) is 0 Å². The van der Waals surface area contributed by atoms with Crippen molar-refractivity contribution in [3.63, 3.8) is 0 Å². The summed E-state index contributed by atoms with van der Waals surface area (Å²) in [5.74, 6) is -0.130. The molecule has 1 aliphatic carbocycles. The van der Waals surface area contributed by atoms with Gasteiger partial charge in [-0.15, -0.1) is 0 Å². The van der Waals surface area contributed by atoms with Crippen molar-refractivity contribution in [2.24, 2.45) is 0 Å². The monoisotopic (exact) mass is 385 g/mol. The Labute approximate surface area is 160 Å². The molecule has 0 spiro atoms. The Hall–Kier alpha value is -2.73. The second-order valence-corrected chi connectivity index (χ2v) is 7.23. The molecular formula is C20H20ClN3O3. The molecule has 0 saturated carbocycles. The molecule has 7 heteroatoms. The molecule has 3 N–H and O–H groups in total. The highest BCUT2D eigenvalue weighted by atomic mass is 35.5. The molecule has 1 atom stereocenters. The quantitative estimate of drug-likeness (QED) is 0.643. The van der Waals surface area contributed by atoms with Crippen molar-refractivity contribution in [1.29, 1.82) is 0 Å². The summed E-state index contributed by atoms with van der Waals surface area (Å²) >= 11 is 6.30. The third-order valence-corrected chi connectivity index (χ3v) is 5.22. The van der Waals surface area contributed by atoms with Crippen molar-refractivity contribution in [1.82, 2.24) is 15.3 Å². The zero-order valence-corrected chi connectivity index (χ0v) is 15.7. The van der Waals surface area contributed by atoms with E-state index in [9.17, 15) is 9.59 Å². The van der Waals surface area contributed by atoms with Gasteiger partial charge in [-0.1, -0.05) is 23.7 Å². The summed E-state index contributed by atoms with van der Waals surface area (Å²) < 4.78 is 5.37. The van der Waals surface area contributed by atoms with Gasteiger partial charge in [-0.2, -0.15) is 0 Å². The second-order valence-electron chi connectivity index (χ2n) is 6.83. The number of benzene rings is 1. The van der Waals surface area contributed by atoms with Crippen LogP contribution in [0.5, 0.6) is 5.75 Å². The molecule has 1 aromatic carbocycles. The van der Waals surface area contributed by atoms with Gasteiger partial charge in [-0.25, -0.2) is 0 Å². The number of hydrogen-bond acceptors (Lipinski definition) is 3. The number of H-pyrrole nitrogens is 2. The van der Waals surface area contributed by atoms with E-state index in [-0.39, 0.29) is 29.7 Å². The van der Waals surface area contributed by atoms with Crippen LogP contribution in [0.15, 0.2) is 35.3 Å². The molecule has 1 amide bonds. The Morgan fingerprint density at radius 2 is 2.26 bits per heavy atom. The normalized spacial score (nSPS) is 16.1. The molecule has 27 heavy (non-hydrogen) atoms. The largest absolute Gasteiger partial charge is 0.478 e. The number of carbonyl (C=O) groups excluding carboxylic acids is 1. The number of aromatic nitrogens is 2. The van der Waals surface area contributed by atoms with Gasteiger partial charge in [-0.3, -0.25) is 9.59 Å². The molecule has 0 saturated heterocycles. The van der Waals surface area contributed by atoms with Crippen molar-refractivity contribution < 1.29 is 9.53 Å². The van der Waals surface area contributed by atoms with Crippen LogP contribution in [0, 0.1) is 6.92 Å². The number of carbonyl (C=O) groups is 1. The molecular weight excluding hydrogens is 366 g/mol. The average Bonchev–Trinajstić information content (AvgIpc) is 3.02. The average molecular weight is 386 g/mol. The Balaban J connectivity index is 1.49. The highest BCUT2D eigenvalue weighted by Gasteiger charge is 2.26. The Kier molecular flexibility index (Phi) is 4.66. The molecule has 2 aromatic heterocycles. The number of rotatable bonds is 4. The molecule has 3 aromatic rings. The van der Waals surface area contributed by atoms with Crippen LogP contribution in [0.4, 0.5) is 0 Å². The molecule has 0 unspecified atom stereocenters. The lowest BCUT2D eigenvalue weighted by molar-refractivity contribution is -0.124. The lowest BCUT2D eigenvalue weighted by Gasteiger charge is -2.23. The van der Waals surface area contributed by atoms with Gasteiger partial charge in [0.05, 0.1) is 16.6 Å². The number of hydrogen-bond donors (Lipinski definition) is 3. The van der Waals surface area contributed by atoms with E-state index in [1.807, 2.05) is 18.2 Å². The van der Waals surface area contributed by atoms with E-state index >= 15 is 0 Å². The minimum Gasteiger partial charge on any atom is -0.478 e. The molecule has 1 aliphatic rings. The maximum absolute atomic E-state index is 12.4. The summed E-state index contributed by atoms with van der Waals surface area (Å²) in [6.07, 6.45) is 4.25. The first-order valence-electron chi connectivity index (χ1n) is 8.93. The number of aromatic amines is 2.